The summed E-state index contributed by atoms with van der Waals surface area (Å²) in [5.41, 5.74) is 7.97. The van der Waals surface area contributed by atoms with E-state index in [-0.39, 0.29) is 0 Å². The van der Waals surface area contributed by atoms with Crippen molar-refractivity contribution in [3.63, 3.8) is 0 Å². The Morgan fingerprint density at radius 3 is 2.50 bits per heavy atom. The molecule has 2 heteroatoms. The Balaban J connectivity index is 1.73. The number of benzene rings is 1. The number of nitrogen functional groups attached to an aromatic ring is 1. The van der Waals surface area contributed by atoms with E-state index in [0.29, 0.717) is 5.92 Å². The summed E-state index contributed by atoms with van der Waals surface area (Å²) in [6.45, 7) is 7.12. The molecular weight excluding hydrogens is 220 g/mol. The first-order chi connectivity index (χ1) is 8.56. The van der Waals surface area contributed by atoms with Gasteiger partial charge >= 0.3 is 0 Å². The Labute approximate surface area is 111 Å². The number of nitrogens with two attached hydrogens (primary N) is 1. The van der Waals surface area contributed by atoms with Crippen molar-refractivity contribution < 1.29 is 0 Å². The molecule has 2 rings (SSSR count). The van der Waals surface area contributed by atoms with Crippen LogP contribution < -0.4 is 5.73 Å². The van der Waals surface area contributed by atoms with Gasteiger partial charge in [-0.15, -0.1) is 0 Å². The Morgan fingerprint density at radius 1 is 1.33 bits per heavy atom. The fraction of sp³-hybridized carbons (Fsp3) is 0.625. The number of anilines is 1. The van der Waals surface area contributed by atoms with E-state index in [4.69, 9.17) is 5.73 Å². The predicted octanol–water partition coefficient (Wildman–Crippen LogP) is 3.35. The van der Waals surface area contributed by atoms with Crippen LogP contribution in [0.2, 0.25) is 0 Å². The van der Waals surface area contributed by atoms with E-state index < -0.39 is 0 Å². The molecule has 1 fully saturated rings. The molecule has 1 aliphatic carbocycles. The molecule has 100 valence electrons. The summed E-state index contributed by atoms with van der Waals surface area (Å²) < 4.78 is 0. The maximum Gasteiger partial charge on any atom is 0.0314 e. The second-order valence-electron chi connectivity index (χ2n) is 6.09. The molecular formula is C16H26N2. The molecule has 3 atom stereocenters. The highest BCUT2D eigenvalue weighted by molar-refractivity contribution is 5.40. The Morgan fingerprint density at radius 2 is 1.94 bits per heavy atom. The summed E-state index contributed by atoms with van der Waals surface area (Å²) in [4.78, 5) is 2.49. The van der Waals surface area contributed by atoms with Crippen molar-refractivity contribution >= 4 is 5.69 Å². The molecule has 3 unspecified atom stereocenters. The minimum atomic E-state index is 0.615. The zero-order valence-electron chi connectivity index (χ0n) is 11.9. The van der Waals surface area contributed by atoms with Crippen molar-refractivity contribution in [1.82, 2.24) is 4.90 Å². The number of rotatable bonds is 6. The molecule has 2 N–H and O–H groups in total. The van der Waals surface area contributed by atoms with Gasteiger partial charge in [0, 0.05) is 12.2 Å². The van der Waals surface area contributed by atoms with Crippen LogP contribution >= 0.6 is 0 Å². The van der Waals surface area contributed by atoms with E-state index in [1.807, 2.05) is 12.1 Å². The van der Waals surface area contributed by atoms with Crippen molar-refractivity contribution in [3.05, 3.63) is 29.8 Å². The average Bonchev–Trinajstić information content (AvgIpc) is 3.02. The number of hydrogen-bond donors (Lipinski definition) is 1. The van der Waals surface area contributed by atoms with Gasteiger partial charge in [0.25, 0.3) is 0 Å². The monoisotopic (exact) mass is 246 g/mol. The van der Waals surface area contributed by atoms with Gasteiger partial charge in [0.15, 0.2) is 0 Å². The van der Waals surface area contributed by atoms with E-state index in [0.717, 1.165) is 17.5 Å². The van der Waals surface area contributed by atoms with Crippen LogP contribution in [0.3, 0.4) is 0 Å². The molecule has 0 heterocycles. The molecule has 1 aromatic carbocycles. The minimum Gasteiger partial charge on any atom is -0.399 e. The molecule has 0 radical (unpaired) electrons. The van der Waals surface area contributed by atoms with Gasteiger partial charge in [0.1, 0.15) is 0 Å². The Kier molecular flexibility index (Phi) is 4.28. The van der Waals surface area contributed by atoms with Gasteiger partial charge in [-0.3, -0.25) is 0 Å². The lowest BCUT2D eigenvalue weighted by Crippen LogP contribution is -2.23. The molecule has 0 spiro atoms. The van der Waals surface area contributed by atoms with Gasteiger partial charge in [0.05, 0.1) is 0 Å². The van der Waals surface area contributed by atoms with Crippen molar-refractivity contribution in [3.8, 4) is 0 Å². The lowest BCUT2D eigenvalue weighted by Gasteiger charge is -2.19. The van der Waals surface area contributed by atoms with Gasteiger partial charge in [-0.2, -0.15) is 0 Å². The molecule has 1 saturated carbocycles. The van der Waals surface area contributed by atoms with E-state index in [9.17, 15) is 0 Å². The van der Waals surface area contributed by atoms with Crippen LogP contribution in [0.25, 0.3) is 0 Å². The van der Waals surface area contributed by atoms with Crippen LogP contribution in [0, 0.1) is 11.8 Å². The Hall–Kier alpha value is -1.02. The van der Waals surface area contributed by atoms with Crippen LogP contribution in [0.5, 0.6) is 0 Å². The zero-order valence-corrected chi connectivity index (χ0v) is 11.9. The lowest BCUT2D eigenvalue weighted by atomic mass is 9.97. The van der Waals surface area contributed by atoms with E-state index >= 15 is 0 Å². The van der Waals surface area contributed by atoms with Gasteiger partial charge < -0.3 is 10.6 Å². The maximum atomic E-state index is 5.72. The maximum absolute atomic E-state index is 5.72. The zero-order chi connectivity index (χ0) is 13.1. The molecule has 2 nitrogen and oxygen atoms in total. The molecule has 0 aliphatic heterocycles. The minimum absolute atomic E-state index is 0.615. The average molecular weight is 246 g/mol. The number of hydrogen-bond acceptors (Lipinski definition) is 2. The van der Waals surface area contributed by atoms with Gasteiger partial charge in [-0.25, -0.2) is 0 Å². The lowest BCUT2D eigenvalue weighted by molar-refractivity contribution is 0.303. The molecule has 0 amide bonds. The fourth-order valence-electron chi connectivity index (χ4n) is 2.55. The first-order valence-electron chi connectivity index (χ1n) is 7.10. The van der Waals surface area contributed by atoms with Crippen molar-refractivity contribution in [2.24, 2.45) is 11.8 Å². The fourth-order valence-corrected chi connectivity index (χ4v) is 2.55. The van der Waals surface area contributed by atoms with Crippen LogP contribution in [-0.4, -0.2) is 25.0 Å². The summed E-state index contributed by atoms with van der Waals surface area (Å²) in [6, 6.07) is 8.31. The van der Waals surface area contributed by atoms with Crippen molar-refractivity contribution in [2.75, 3.05) is 25.9 Å². The van der Waals surface area contributed by atoms with Crippen molar-refractivity contribution in [2.45, 2.75) is 32.6 Å². The normalized spacial score (nSPS) is 24.2. The highest BCUT2D eigenvalue weighted by atomic mass is 15.1. The first-order valence-corrected chi connectivity index (χ1v) is 7.10. The van der Waals surface area contributed by atoms with Crippen LogP contribution in [0.1, 0.15) is 38.2 Å². The highest BCUT2D eigenvalue weighted by Crippen LogP contribution is 2.38. The van der Waals surface area contributed by atoms with E-state index in [1.54, 1.807) is 0 Å². The summed E-state index contributed by atoms with van der Waals surface area (Å²) in [6.07, 6.45) is 2.65. The van der Waals surface area contributed by atoms with Crippen LogP contribution in [0.4, 0.5) is 5.69 Å². The van der Waals surface area contributed by atoms with Crippen LogP contribution in [-0.2, 0) is 0 Å². The molecule has 0 saturated heterocycles. The summed E-state index contributed by atoms with van der Waals surface area (Å²) in [5.74, 6) is 2.54. The molecule has 18 heavy (non-hydrogen) atoms. The van der Waals surface area contributed by atoms with E-state index in [1.165, 1.54) is 31.5 Å². The van der Waals surface area contributed by atoms with E-state index in [2.05, 4.69) is 37.9 Å². The first kappa shape index (κ1) is 13.4. The Bertz CT molecular complexity index is 371. The molecule has 0 aromatic heterocycles. The predicted molar refractivity (Wildman–Crippen MR) is 78.7 cm³/mol. The van der Waals surface area contributed by atoms with Gasteiger partial charge in [-0.1, -0.05) is 26.0 Å². The third-order valence-corrected chi connectivity index (χ3v) is 4.27. The number of nitrogens with zero attached hydrogens (tertiary/aromatic N) is 1. The third kappa shape index (κ3) is 3.74. The topological polar surface area (TPSA) is 29.3 Å². The second-order valence-corrected chi connectivity index (χ2v) is 6.09. The molecule has 0 bridgehead atoms. The SMILES string of the molecule is CC(CCN(C)CC1CC1C)c1ccc(N)cc1. The third-order valence-electron chi connectivity index (χ3n) is 4.27. The van der Waals surface area contributed by atoms with Gasteiger partial charge in [0.2, 0.25) is 0 Å². The second kappa shape index (κ2) is 5.75. The summed E-state index contributed by atoms with van der Waals surface area (Å²) >= 11 is 0. The molecule has 1 aromatic rings. The summed E-state index contributed by atoms with van der Waals surface area (Å²) in [5, 5.41) is 0. The summed E-state index contributed by atoms with van der Waals surface area (Å²) in [7, 11) is 2.25. The van der Waals surface area contributed by atoms with Gasteiger partial charge in [-0.05, 0) is 61.9 Å². The standard InChI is InChI=1S/C16H26N2/c1-12(14-4-6-16(17)7-5-14)8-9-18(3)11-15-10-13(15)2/h4-7,12-13,15H,8-11,17H2,1-3H3. The molecule has 1 aliphatic rings. The quantitative estimate of drug-likeness (QED) is 0.780. The highest BCUT2D eigenvalue weighted by Gasteiger charge is 2.32. The van der Waals surface area contributed by atoms with Crippen molar-refractivity contribution in [1.29, 1.82) is 0 Å². The van der Waals surface area contributed by atoms with Crippen LogP contribution in [0.15, 0.2) is 24.3 Å². The smallest absolute Gasteiger partial charge is 0.0314 e. The largest absolute Gasteiger partial charge is 0.399 e.